The highest BCUT2D eigenvalue weighted by Gasteiger charge is 2.10. The molecule has 0 aliphatic heterocycles. The van der Waals surface area contributed by atoms with Crippen LogP contribution in [0.2, 0.25) is 0 Å². The Labute approximate surface area is 115 Å². The largest absolute Gasteiger partial charge is 0.492 e. The van der Waals surface area contributed by atoms with Crippen molar-refractivity contribution in [2.24, 2.45) is 0 Å². The molecule has 2 heteroatoms. The average Bonchev–Trinajstić information content (AvgIpc) is 2.41. The molecule has 1 N–H and O–H groups in total. The molecule has 2 aromatic carbocycles. The van der Waals surface area contributed by atoms with E-state index in [1.165, 1.54) is 11.1 Å². The van der Waals surface area contributed by atoms with Crippen LogP contribution in [-0.4, -0.2) is 6.61 Å². The molecule has 2 rings (SSSR count). The van der Waals surface area contributed by atoms with Crippen molar-refractivity contribution in [2.75, 3.05) is 11.9 Å². The van der Waals surface area contributed by atoms with Gasteiger partial charge in [-0.1, -0.05) is 36.4 Å². The molecule has 0 aliphatic rings. The highest BCUT2D eigenvalue weighted by atomic mass is 16.5. The lowest BCUT2D eigenvalue weighted by Gasteiger charge is -2.19. The maximum absolute atomic E-state index is 5.64. The van der Waals surface area contributed by atoms with E-state index in [0.717, 1.165) is 11.4 Å². The summed E-state index contributed by atoms with van der Waals surface area (Å²) in [6.07, 6.45) is 0. The summed E-state index contributed by atoms with van der Waals surface area (Å²) in [5.41, 5.74) is 3.66. The molecule has 2 nitrogen and oxygen atoms in total. The minimum Gasteiger partial charge on any atom is -0.492 e. The van der Waals surface area contributed by atoms with Gasteiger partial charge in [-0.2, -0.15) is 0 Å². The van der Waals surface area contributed by atoms with Gasteiger partial charge in [-0.3, -0.25) is 0 Å². The number of benzene rings is 2. The SMILES string of the molecule is CCOc1ccccc1NC(C)c1ccccc1C. The van der Waals surface area contributed by atoms with E-state index in [4.69, 9.17) is 4.74 Å². The fourth-order valence-electron chi connectivity index (χ4n) is 2.25. The molecule has 1 unspecified atom stereocenters. The fourth-order valence-corrected chi connectivity index (χ4v) is 2.25. The minimum atomic E-state index is 0.253. The van der Waals surface area contributed by atoms with Crippen molar-refractivity contribution in [3.63, 3.8) is 0 Å². The van der Waals surface area contributed by atoms with Gasteiger partial charge in [-0.05, 0) is 44.0 Å². The maximum atomic E-state index is 5.64. The summed E-state index contributed by atoms with van der Waals surface area (Å²) >= 11 is 0. The van der Waals surface area contributed by atoms with Crippen molar-refractivity contribution in [3.8, 4) is 5.75 Å². The number of nitrogens with one attached hydrogen (secondary N) is 1. The molecular formula is C17H21NO. The van der Waals surface area contributed by atoms with E-state index in [2.05, 4.69) is 49.5 Å². The summed E-state index contributed by atoms with van der Waals surface area (Å²) in [5.74, 6) is 0.908. The molecular weight excluding hydrogens is 234 g/mol. The molecule has 19 heavy (non-hydrogen) atoms. The number of rotatable bonds is 5. The zero-order chi connectivity index (χ0) is 13.7. The number of ether oxygens (including phenoxy) is 1. The van der Waals surface area contributed by atoms with Crippen LogP contribution in [0.5, 0.6) is 5.75 Å². The predicted molar refractivity (Wildman–Crippen MR) is 80.8 cm³/mol. The van der Waals surface area contributed by atoms with Gasteiger partial charge >= 0.3 is 0 Å². The monoisotopic (exact) mass is 255 g/mol. The fraction of sp³-hybridized carbons (Fsp3) is 0.294. The van der Waals surface area contributed by atoms with Crippen LogP contribution < -0.4 is 10.1 Å². The molecule has 2 aromatic rings. The normalized spacial score (nSPS) is 11.9. The van der Waals surface area contributed by atoms with Crippen molar-refractivity contribution in [2.45, 2.75) is 26.8 Å². The van der Waals surface area contributed by atoms with Gasteiger partial charge in [0.1, 0.15) is 5.75 Å². The van der Waals surface area contributed by atoms with Crippen LogP contribution in [0.3, 0.4) is 0 Å². The van der Waals surface area contributed by atoms with Crippen molar-refractivity contribution >= 4 is 5.69 Å². The minimum absolute atomic E-state index is 0.253. The van der Waals surface area contributed by atoms with Gasteiger partial charge in [0.15, 0.2) is 0 Å². The Hall–Kier alpha value is -1.96. The van der Waals surface area contributed by atoms with E-state index in [1.807, 2.05) is 25.1 Å². The zero-order valence-corrected chi connectivity index (χ0v) is 11.8. The smallest absolute Gasteiger partial charge is 0.142 e. The Morgan fingerprint density at radius 3 is 2.47 bits per heavy atom. The quantitative estimate of drug-likeness (QED) is 0.845. The third-order valence-corrected chi connectivity index (χ3v) is 3.21. The van der Waals surface area contributed by atoms with Crippen molar-refractivity contribution in [3.05, 3.63) is 59.7 Å². The van der Waals surface area contributed by atoms with E-state index in [-0.39, 0.29) is 6.04 Å². The standard InChI is InChI=1S/C17H21NO/c1-4-19-17-12-8-7-11-16(17)18-14(3)15-10-6-5-9-13(15)2/h5-12,14,18H,4H2,1-3H3. The molecule has 0 aliphatic carbocycles. The van der Waals surface area contributed by atoms with Crippen molar-refractivity contribution in [1.82, 2.24) is 0 Å². The van der Waals surface area contributed by atoms with Gasteiger partial charge in [0.25, 0.3) is 0 Å². The highest BCUT2D eigenvalue weighted by Crippen LogP contribution is 2.28. The van der Waals surface area contributed by atoms with Crippen LogP contribution in [0.4, 0.5) is 5.69 Å². The second kappa shape index (κ2) is 6.28. The second-order valence-electron chi connectivity index (χ2n) is 4.65. The van der Waals surface area contributed by atoms with Crippen molar-refractivity contribution < 1.29 is 4.74 Å². The molecule has 0 heterocycles. The van der Waals surface area contributed by atoms with Crippen LogP contribution in [-0.2, 0) is 0 Å². The summed E-state index contributed by atoms with van der Waals surface area (Å²) in [6.45, 7) is 6.99. The van der Waals surface area contributed by atoms with Gasteiger partial charge in [-0.25, -0.2) is 0 Å². The summed E-state index contributed by atoms with van der Waals surface area (Å²) in [6, 6.07) is 16.8. The second-order valence-corrected chi connectivity index (χ2v) is 4.65. The van der Waals surface area contributed by atoms with Gasteiger partial charge in [0.05, 0.1) is 12.3 Å². The van der Waals surface area contributed by atoms with Crippen LogP contribution in [0.15, 0.2) is 48.5 Å². The lowest BCUT2D eigenvalue weighted by atomic mass is 10.0. The molecule has 0 saturated heterocycles. The van der Waals surface area contributed by atoms with Crippen LogP contribution in [0.1, 0.15) is 31.0 Å². The topological polar surface area (TPSA) is 21.3 Å². The van der Waals surface area contributed by atoms with Gasteiger partial charge in [0.2, 0.25) is 0 Å². The zero-order valence-electron chi connectivity index (χ0n) is 11.8. The highest BCUT2D eigenvalue weighted by molar-refractivity contribution is 5.57. The Morgan fingerprint density at radius 2 is 1.74 bits per heavy atom. The number of aryl methyl sites for hydroxylation is 1. The van der Waals surface area contributed by atoms with Gasteiger partial charge in [-0.15, -0.1) is 0 Å². The van der Waals surface area contributed by atoms with Gasteiger partial charge in [0, 0.05) is 6.04 Å². The molecule has 1 atom stereocenters. The Morgan fingerprint density at radius 1 is 1.05 bits per heavy atom. The third kappa shape index (κ3) is 3.28. The first kappa shape index (κ1) is 13.5. The summed E-state index contributed by atoms with van der Waals surface area (Å²) in [5, 5.41) is 3.53. The maximum Gasteiger partial charge on any atom is 0.142 e. The van der Waals surface area contributed by atoms with E-state index in [9.17, 15) is 0 Å². The summed E-state index contributed by atoms with van der Waals surface area (Å²) < 4.78 is 5.64. The van der Waals surface area contributed by atoms with Gasteiger partial charge < -0.3 is 10.1 Å². The summed E-state index contributed by atoms with van der Waals surface area (Å²) in [4.78, 5) is 0. The first-order valence-electron chi connectivity index (χ1n) is 6.76. The van der Waals surface area contributed by atoms with E-state index >= 15 is 0 Å². The molecule has 0 fully saturated rings. The number of hydrogen-bond acceptors (Lipinski definition) is 2. The lowest BCUT2D eigenvalue weighted by molar-refractivity contribution is 0.341. The van der Waals surface area contributed by atoms with Crippen LogP contribution >= 0.6 is 0 Å². The van der Waals surface area contributed by atoms with E-state index < -0.39 is 0 Å². The lowest BCUT2D eigenvalue weighted by Crippen LogP contribution is -2.09. The summed E-state index contributed by atoms with van der Waals surface area (Å²) in [7, 11) is 0. The van der Waals surface area contributed by atoms with Crippen molar-refractivity contribution in [1.29, 1.82) is 0 Å². The Bertz CT molecular complexity index is 536. The first-order valence-corrected chi connectivity index (χ1v) is 6.76. The van der Waals surface area contributed by atoms with Crippen LogP contribution in [0, 0.1) is 6.92 Å². The molecule has 0 amide bonds. The predicted octanol–water partition coefficient (Wildman–Crippen LogP) is 4.57. The van der Waals surface area contributed by atoms with Crippen LogP contribution in [0.25, 0.3) is 0 Å². The average molecular weight is 255 g/mol. The van der Waals surface area contributed by atoms with E-state index in [1.54, 1.807) is 0 Å². The van der Waals surface area contributed by atoms with E-state index in [0.29, 0.717) is 6.61 Å². The number of para-hydroxylation sites is 2. The Balaban J connectivity index is 2.19. The first-order chi connectivity index (χ1) is 9.22. The molecule has 0 aromatic heterocycles. The molecule has 100 valence electrons. The molecule has 0 spiro atoms. The molecule has 0 saturated carbocycles. The Kier molecular flexibility index (Phi) is 4.45. The molecule has 0 bridgehead atoms. The number of hydrogen-bond donors (Lipinski definition) is 1. The molecule has 0 radical (unpaired) electrons. The third-order valence-electron chi connectivity index (χ3n) is 3.21. The number of anilines is 1.